The number of thiocarbonyl (C=S) groups is 1. The Hall–Kier alpha value is -3.13. The van der Waals surface area contributed by atoms with Gasteiger partial charge in [-0.3, -0.25) is 5.43 Å². The molecule has 0 heterocycles. The van der Waals surface area contributed by atoms with E-state index < -0.39 is 5.97 Å². The normalized spacial score (nSPS) is 10.4. The molecule has 0 spiro atoms. The Morgan fingerprint density at radius 3 is 2.83 bits per heavy atom. The first kappa shape index (κ1) is 17.2. The maximum Gasteiger partial charge on any atom is 0.335 e. The minimum absolute atomic E-state index is 0.149. The molecule has 24 heavy (non-hydrogen) atoms. The molecular formula is C16H14N3O4S-. The van der Waals surface area contributed by atoms with Crippen LogP contribution >= 0.6 is 12.2 Å². The number of methoxy groups -OCH3 is 1. The van der Waals surface area contributed by atoms with Gasteiger partial charge in [0.1, 0.15) is 5.75 Å². The van der Waals surface area contributed by atoms with Gasteiger partial charge < -0.3 is 20.3 Å². The van der Waals surface area contributed by atoms with E-state index in [0.29, 0.717) is 11.3 Å². The molecule has 8 heteroatoms. The summed E-state index contributed by atoms with van der Waals surface area (Å²) < 4.78 is 4.94. The van der Waals surface area contributed by atoms with Gasteiger partial charge in [-0.25, -0.2) is 4.79 Å². The quantitative estimate of drug-likeness (QED) is 0.431. The van der Waals surface area contributed by atoms with E-state index in [4.69, 9.17) is 22.1 Å². The molecular weight excluding hydrogens is 330 g/mol. The number of hydrogen-bond acceptors (Lipinski definition) is 5. The van der Waals surface area contributed by atoms with Crippen molar-refractivity contribution in [2.45, 2.75) is 0 Å². The summed E-state index contributed by atoms with van der Waals surface area (Å²) in [5.41, 5.74) is 3.94. The van der Waals surface area contributed by atoms with Crippen molar-refractivity contribution in [3.8, 4) is 11.5 Å². The number of nitrogens with one attached hydrogen (secondary N) is 2. The van der Waals surface area contributed by atoms with Crippen LogP contribution in [-0.2, 0) is 0 Å². The molecule has 0 aliphatic carbocycles. The molecule has 2 rings (SSSR count). The van der Waals surface area contributed by atoms with Crippen molar-refractivity contribution in [3.05, 3.63) is 53.6 Å². The average Bonchev–Trinajstić information content (AvgIpc) is 2.56. The second-order valence-corrected chi connectivity index (χ2v) is 5.03. The number of carboxylic acid groups (broad SMARTS) is 1. The number of hydrazone groups is 1. The first-order valence-electron chi connectivity index (χ1n) is 6.78. The molecule has 0 saturated carbocycles. The number of anilines is 1. The molecule has 2 aromatic carbocycles. The second-order valence-electron chi connectivity index (χ2n) is 4.62. The molecule has 0 saturated heterocycles. The molecule has 0 aliphatic heterocycles. The first-order valence-corrected chi connectivity index (χ1v) is 7.19. The minimum atomic E-state index is -1.02. The third kappa shape index (κ3) is 4.68. The van der Waals surface area contributed by atoms with Crippen molar-refractivity contribution in [3.63, 3.8) is 0 Å². The minimum Gasteiger partial charge on any atom is -0.870 e. The smallest absolute Gasteiger partial charge is 0.335 e. The number of nitrogens with zero attached hydrogens (tertiary/aromatic N) is 1. The molecule has 0 atom stereocenters. The number of carboxylic acids is 1. The Kier molecular flexibility index (Phi) is 5.69. The third-order valence-electron chi connectivity index (χ3n) is 2.93. The van der Waals surface area contributed by atoms with E-state index >= 15 is 0 Å². The van der Waals surface area contributed by atoms with Gasteiger partial charge in [0, 0.05) is 5.69 Å². The van der Waals surface area contributed by atoms with Gasteiger partial charge in [0.2, 0.25) is 0 Å². The van der Waals surface area contributed by atoms with E-state index in [1.807, 2.05) is 0 Å². The molecule has 0 fully saturated rings. The zero-order chi connectivity index (χ0) is 17.5. The number of carbonyl (C=O) groups is 1. The van der Waals surface area contributed by atoms with Crippen LogP contribution < -0.4 is 20.6 Å². The number of aromatic carboxylic acids is 1. The predicted molar refractivity (Wildman–Crippen MR) is 92.8 cm³/mol. The summed E-state index contributed by atoms with van der Waals surface area (Å²) in [6, 6.07) is 10.8. The lowest BCUT2D eigenvalue weighted by atomic mass is 10.2. The van der Waals surface area contributed by atoms with Gasteiger partial charge in [-0.15, -0.1) is 0 Å². The van der Waals surface area contributed by atoms with Crippen LogP contribution in [0.4, 0.5) is 5.69 Å². The summed E-state index contributed by atoms with van der Waals surface area (Å²) >= 11 is 5.07. The van der Waals surface area contributed by atoms with E-state index in [1.165, 1.54) is 31.5 Å². The van der Waals surface area contributed by atoms with Crippen LogP contribution in [-0.4, -0.2) is 29.5 Å². The average molecular weight is 344 g/mol. The molecule has 124 valence electrons. The van der Waals surface area contributed by atoms with Crippen LogP contribution in [0, 0.1) is 0 Å². The lowest BCUT2D eigenvalue weighted by Gasteiger charge is -2.12. The first-order chi connectivity index (χ1) is 11.5. The highest BCUT2D eigenvalue weighted by Crippen LogP contribution is 2.22. The van der Waals surface area contributed by atoms with Crippen LogP contribution in [0.1, 0.15) is 15.9 Å². The Balaban J connectivity index is 1.95. The van der Waals surface area contributed by atoms with Crippen LogP contribution in [0.5, 0.6) is 11.5 Å². The van der Waals surface area contributed by atoms with Gasteiger partial charge >= 0.3 is 5.97 Å². The largest absolute Gasteiger partial charge is 0.870 e. The lowest BCUT2D eigenvalue weighted by molar-refractivity contribution is -0.270. The molecule has 0 amide bonds. The summed E-state index contributed by atoms with van der Waals surface area (Å²) in [5.74, 6) is -1.01. The van der Waals surface area contributed by atoms with Crippen molar-refractivity contribution < 1.29 is 19.7 Å². The summed E-state index contributed by atoms with van der Waals surface area (Å²) in [7, 11) is 1.42. The van der Waals surface area contributed by atoms with E-state index in [2.05, 4.69) is 15.8 Å². The van der Waals surface area contributed by atoms with Crippen molar-refractivity contribution in [1.82, 2.24) is 5.43 Å². The maximum absolute atomic E-state index is 11.4. The zero-order valence-electron chi connectivity index (χ0n) is 12.6. The molecule has 7 nitrogen and oxygen atoms in total. The van der Waals surface area contributed by atoms with E-state index in [1.54, 1.807) is 24.3 Å². The number of rotatable bonds is 5. The monoisotopic (exact) mass is 344 g/mol. The molecule has 0 aromatic heterocycles. The van der Waals surface area contributed by atoms with E-state index in [-0.39, 0.29) is 22.2 Å². The fourth-order valence-electron chi connectivity index (χ4n) is 1.82. The van der Waals surface area contributed by atoms with Gasteiger partial charge in [0.25, 0.3) is 0 Å². The topological polar surface area (TPSA) is 106 Å². The number of benzene rings is 2. The molecule has 0 radical (unpaired) electrons. The van der Waals surface area contributed by atoms with Crippen molar-refractivity contribution in [2.75, 3.05) is 12.4 Å². The van der Waals surface area contributed by atoms with Crippen molar-refractivity contribution >= 4 is 35.2 Å². The SMILES string of the molecule is COc1cc(C=NNC(=S)Nc2cccc(C(=O)O)c2)ccc1[O-]. The lowest BCUT2D eigenvalue weighted by Crippen LogP contribution is -2.24. The summed E-state index contributed by atoms with van der Waals surface area (Å²) in [6.45, 7) is 0. The Morgan fingerprint density at radius 1 is 1.33 bits per heavy atom. The highest BCUT2D eigenvalue weighted by Gasteiger charge is 2.03. The van der Waals surface area contributed by atoms with Gasteiger partial charge in [-0.1, -0.05) is 23.9 Å². The highest BCUT2D eigenvalue weighted by molar-refractivity contribution is 7.80. The molecule has 0 unspecified atom stereocenters. The third-order valence-corrected chi connectivity index (χ3v) is 3.13. The molecule has 0 aliphatic rings. The van der Waals surface area contributed by atoms with Gasteiger partial charge in [-0.2, -0.15) is 5.10 Å². The second kappa shape index (κ2) is 7.93. The van der Waals surface area contributed by atoms with Gasteiger partial charge in [0.15, 0.2) is 5.11 Å². The molecule has 0 bridgehead atoms. The van der Waals surface area contributed by atoms with E-state index in [9.17, 15) is 9.90 Å². The standard InChI is InChI=1S/C16H15N3O4S/c1-23-14-7-10(5-6-13(14)20)9-17-19-16(24)18-12-4-2-3-11(8-12)15(21)22/h2-9,20H,1H3,(H,21,22)(H2,18,19,24)/p-1. The fraction of sp³-hybridized carbons (Fsp3) is 0.0625. The van der Waals surface area contributed by atoms with Crippen LogP contribution in [0.2, 0.25) is 0 Å². The summed E-state index contributed by atoms with van der Waals surface area (Å²) in [4.78, 5) is 10.9. The van der Waals surface area contributed by atoms with Crippen molar-refractivity contribution in [2.24, 2.45) is 5.10 Å². The van der Waals surface area contributed by atoms with Gasteiger partial charge in [0.05, 0.1) is 18.9 Å². The van der Waals surface area contributed by atoms with Gasteiger partial charge in [-0.05, 0) is 42.0 Å². The summed E-state index contributed by atoms with van der Waals surface area (Å²) in [6.07, 6.45) is 1.48. The Bertz CT molecular complexity index is 793. The van der Waals surface area contributed by atoms with Crippen LogP contribution in [0.3, 0.4) is 0 Å². The Labute approximate surface area is 143 Å². The van der Waals surface area contributed by atoms with Crippen LogP contribution in [0.15, 0.2) is 47.6 Å². The maximum atomic E-state index is 11.4. The highest BCUT2D eigenvalue weighted by atomic mass is 32.1. The number of hydrogen-bond donors (Lipinski definition) is 3. The van der Waals surface area contributed by atoms with E-state index in [0.717, 1.165) is 0 Å². The molecule has 2 aromatic rings. The zero-order valence-corrected chi connectivity index (χ0v) is 13.5. The summed E-state index contributed by atoms with van der Waals surface area (Å²) in [5, 5.41) is 27.3. The molecule has 3 N–H and O–H groups in total. The Morgan fingerprint density at radius 2 is 2.12 bits per heavy atom. The predicted octanol–water partition coefficient (Wildman–Crippen LogP) is 1.79. The fourth-order valence-corrected chi connectivity index (χ4v) is 1.99. The van der Waals surface area contributed by atoms with Crippen molar-refractivity contribution in [1.29, 1.82) is 0 Å². The van der Waals surface area contributed by atoms with Crippen LogP contribution in [0.25, 0.3) is 0 Å². The number of ether oxygens (including phenoxy) is 1.